The second-order valence-corrected chi connectivity index (χ2v) is 11.2. The number of nitrogens with zero attached hydrogens (tertiary/aromatic N) is 2. The van der Waals surface area contributed by atoms with Gasteiger partial charge in [0.05, 0.1) is 12.0 Å². The Morgan fingerprint density at radius 3 is 1.24 bits per heavy atom. The number of aliphatic carboxylic acids is 3. The third kappa shape index (κ3) is 38.6. The van der Waals surface area contributed by atoms with Gasteiger partial charge in [-0.15, -0.1) is 0 Å². The first kappa shape index (κ1) is 51.2. The summed E-state index contributed by atoms with van der Waals surface area (Å²) in [6, 6.07) is -2.71. The number of hydrogen-bond acceptors (Lipinski definition) is 9. The van der Waals surface area contributed by atoms with Crippen molar-refractivity contribution in [1.29, 1.82) is 0 Å². The van der Waals surface area contributed by atoms with E-state index in [9.17, 15) is 34.5 Å². The molecule has 0 spiro atoms. The molecule has 0 saturated carbocycles. The van der Waals surface area contributed by atoms with Gasteiger partial charge in [-0.05, 0) is 64.7 Å². The second kappa shape index (κ2) is 36.2. The van der Waals surface area contributed by atoms with Crippen LogP contribution in [0.1, 0.15) is 157 Å². The van der Waals surface area contributed by atoms with E-state index >= 15 is 0 Å². The molecule has 1 amide bonds. The number of carbonyl (C=O) groups is 4. The van der Waals surface area contributed by atoms with Gasteiger partial charge >= 0.3 is 61.3 Å². The standard InChI is InChI=1S/3C11H21NO3.Eu/c3*1-3-4-5-6-7-8-10(13)12-9(2)11(14)15;/h3*9H,3-8H2,1-2H3,(H,12,13)(H,14,15);/q;;;+3/p-3/t3*9-;/m000./s1. The van der Waals surface area contributed by atoms with Gasteiger partial charge in [0.1, 0.15) is 12.1 Å². The fourth-order valence-electron chi connectivity index (χ4n) is 3.69. The topological polar surface area (TPSA) is 215 Å². The van der Waals surface area contributed by atoms with Crippen LogP contribution < -0.4 is 20.6 Å². The first-order valence-electron chi connectivity index (χ1n) is 16.7. The molecule has 0 aliphatic rings. The SMILES string of the molecule is CCCCCCCC(=O)N[C@@H](C)C(=O)O.CCCCCCCC([O-])=N[C@@H](C)C(=O)O.CCCCCCCC([O-])=N[C@@H](C)C(=O)[O-].[Eu+3]. The van der Waals surface area contributed by atoms with Gasteiger partial charge in [-0.1, -0.05) is 97.8 Å². The molecule has 0 saturated heterocycles. The van der Waals surface area contributed by atoms with Crippen molar-refractivity contribution in [3.63, 3.8) is 0 Å². The smallest absolute Gasteiger partial charge is 0.862 e. The van der Waals surface area contributed by atoms with E-state index in [1.54, 1.807) is 0 Å². The maximum absolute atomic E-state index is 11.2. The molecule has 46 heavy (non-hydrogen) atoms. The number of carboxylic acid groups (broad SMARTS) is 3. The predicted octanol–water partition coefficient (Wildman–Crippen LogP) is 3.76. The Bertz CT molecular complexity index is 808. The molecule has 0 aromatic carbocycles. The summed E-state index contributed by atoms with van der Waals surface area (Å²) in [7, 11) is 0. The monoisotopic (exact) mass is 795 g/mol. The fourth-order valence-corrected chi connectivity index (χ4v) is 3.69. The van der Waals surface area contributed by atoms with E-state index in [1.165, 1.54) is 59.3 Å². The molecule has 0 aliphatic heterocycles. The molecule has 0 aliphatic carbocycles. The molecule has 268 valence electrons. The first-order valence-corrected chi connectivity index (χ1v) is 16.7. The van der Waals surface area contributed by atoms with Crippen LogP contribution >= 0.6 is 0 Å². The van der Waals surface area contributed by atoms with Crippen LogP contribution in [0.5, 0.6) is 0 Å². The summed E-state index contributed by atoms with van der Waals surface area (Å²) in [6.07, 6.45) is 17.2. The molecule has 3 N–H and O–H groups in total. The van der Waals surface area contributed by atoms with E-state index in [-0.39, 0.29) is 67.1 Å². The summed E-state index contributed by atoms with van der Waals surface area (Å²) in [5.74, 6) is -4.12. The second-order valence-electron chi connectivity index (χ2n) is 11.2. The molecule has 0 rings (SSSR count). The molecular formula is C33H60EuN3O9. The van der Waals surface area contributed by atoms with Crippen molar-refractivity contribution in [3.8, 4) is 0 Å². The molecule has 0 radical (unpaired) electrons. The largest absolute Gasteiger partial charge is 3.00 e. The van der Waals surface area contributed by atoms with Crippen molar-refractivity contribution in [1.82, 2.24) is 5.32 Å². The van der Waals surface area contributed by atoms with Crippen molar-refractivity contribution in [2.75, 3.05) is 0 Å². The van der Waals surface area contributed by atoms with Crippen LogP contribution in [0, 0.1) is 49.4 Å². The van der Waals surface area contributed by atoms with Crippen LogP contribution in [0.25, 0.3) is 0 Å². The average Bonchev–Trinajstić information content (AvgIpc) is 2.97. The van der Waals surface area contributed by atoms with Gasteiger partial charge in [0.2, 0.25) is 5.91 Å². The molecular weight excluding hydrogens is 734 g/mol. The average molecular weight is 795 g/mol. The molecule has 0 unspecified atom stereocenters. The number of amides is 1. The number of aliphatic imine (C=N–C) groups is 2. The Morgan fingerprint density at radius 1 is 0.565 bits per heavy atom. The van der Waals surface area contributed by atoms with Gasteiger partial charge in [0, 0.05) is 6.42 Å². The number of unbranched alkanes of at least 4 members (excludes halogenated alkanes) is 12. The summed E-state index contributed by atoms with van der Waals surface area (Å²) in [5, 5.41) is 52.1. The zero-order valence-corrected chi connectivity index (χ0v) is 31.4. The van der Waals surface area contributed by atoms with E-state index in [2.05, 4.69) is 36.1 Å². The van der Waals surface area contributed by atoms with Crippen molar-refractivity contribution in [2.45, 2.75) is 175 Å². The molecule has 0 fully saturated rings. The fraction of sp³-hybridized carbons (Fsp3) is 0.818. The zero-order valence-electron chi connectivity index (χ0n) is 29.0. The number of hydrogen-bond donors (Lipinski definition) is 3. The normalized spacial score (nSPS) is 13.0. The van der Waals surface area contributed by atoms with Crippen LogP contribution in [0.2, 0.25) is 0 Å². The van der Waals surface area contributed by atoms with Crippen molar-refractivity contribution < 1.29 is 94.1 Å². The van der Waals surface area contributed by atoms with Gasteiger partial charge in [0.15, 0.2) is 0 Å². The summed E-state index contributed by atoms with van der Waals surface area (Å²) in [4.78, 5) is 49.4. The molecule has 12 nitrogen and oxygen atoms in total. The minimum Gasteiger partial charge on any atom is -0.862 e. The van der Waals surface area contributed by atoms with Crippen LogP contribution in [0.15, 0.2) is 9.98 Å². The summed E-state index contributed by atoms with van der Waals surface area (Å²) >= 11 is 0. The molecule has 0 bridgehead atoms. The van der Waals surface area contributed by atoms with Gasteiger partial charge < -0.3 is 35.6 Å². The number of carboxylic acids is 3. The predicted molar refractivity (Wildman–Crippen MR) is 172 cm³/mol. The maximum atomic E-state index is 11.2. The minimum atomic E-state index is -1.30. The summed E-state index contributed by atoms with van der Waals surface area (Å²) in [5.41, 5.74) is 0. The molecule has 13 heteroatoms. The quantitative estimate of drug-likeness (QED) is 0.0736. The van der Waals surface area contributed by atoms with Crippen LogP contribution in [0.3, 0.4) is 0 Å². The van der Waals surface area contributed by atoms with E-state index in [0.29, 0.717) is 19.3 Å². The van der Waals surface area contributed by atoms with Crippen LogP contribution in [-0.2, 0) is 19.2 Å². The van der Waals surface area contributed by atoms with Crippen molar-refractivity contribution >= 4 is 35.6 Å². The summed E-state index contributed by atoms with van der Waals surface area (Å²) < 4.78 is 0. The Hall–Kier alpha value is -1.60. The first-order chi connectivity index (χ1) is 21.2. The molecule has 3 atom stereocenters. The van der Waals surface area contributed by atoms with Gasteiger partial charge in [0.25, 0.3) is 0 Å². The number of nitrogens with one attached hydrogen (secondary N) is 1. The van der Waals surface area contributed by atoms with E-state index in [1.807, 2.05) is 0 Å². The Kier molecular flexibility index (Phi) is 40.4. The van der Waals surface area contributed by atoms with Gasteiger partial charge in [-0.25, -0.2) is 4.79 Å². The number of rotatable bonds is 24. The maximum Gasteiger partial charge on any atom is 3.00 e. The molecule has 0 aromatic heterocycles. The Morgan fingerprint density at radius 2 is 0.913 bits per heavy atom. The van der Waals surface area contributed by atoms with Gasteiger partial charge in [-0.2, -0.15) is 0 Å². The Labute approximate surface area is 317 Å². The summed E-state index contributed by atoms with van der Waals surface area (Å²) in [6.45, 7) is 10.6. The molecule has 0 aromatic rings. The minimum absolute atomic E-state index is 0. The van der Waals surface area contributed by atoms with Gasteiger partial charge in [-0.3, -0.25) is 19.6 Å². The van der Waals surface area contributed by atoms with Crippen LogP contribution in [0.4, 0.5) is 0 Å². The third-order valence-corrected chi connectivity index (χ3v) is 6.62. The van der Waals surface area contributed by atoms with Crippen molar-refractivity contribution in [2.24, 2.45) is 9.98 Å². The van der Waals surface area contributed by atoms with Crippen molar-refractivity contribution in [3.05, 3.63) is 0 Å². The third-order valence-electron chi connectivity index (χ3n) is 6.62. The van der Waals surface area contributed by atoms with E-state index in [4.69, 9.17) is 10.2 Å². The van der Waals surface area contributed by atoms with E-state index < -0.39 is 36.0 Å². The van der Waals surface area contributed by atoms with Crippen LogP contribution in [-0.4, -0.2) is 63.9 Å². The van der Waals surface area contributed by atoms with E-state index in [0.717, 1.165) is 57.8 Å². The zero-order chi connectivity index (χ0) is 35.0. The number of carbonyl (C=O) groups excluding carboxylic acids is 2. The molecule has 0 heterocycles. The Balaban J connectivity index is -0.000000285.